The number of nitrogens with zero attached hydrogens (tertiary/aromatic N) is 2. The zero-order chi connectivity index (χ0) is 15.6. The molecule has 0 saturated heterocycles. The van der Waals surface area contributed by atoms with Gasteiger partial charge in [0, 0.05) is 12.2 Å². The van der Waals surface area contributed by atoms with Gasteiger partial charge in [-0.25, -0.2) is 8.42 Å². The molecule has 2 aromatic heterocycles. The number of hydrogen-bond acceptors (Lipinski definition) is 4. The zero-order valence-electron chi connectivity index (χ0n) is 11.5. The molecule has 0 atom stereocenters. The Bertz CT molecular complexity index is 698. The maximum Gasteiger partial charge on any atom is 0.253 e. The summed E-state index contributed by atoms with van der Waals surface area (Å²) in [6, 6.07) is 6.73. The third-order valence-corrected chi connectivity index (χ3v) is 7.75. The van der Waals surface area contributed by atoms with Crippen molar-refractivity contribution in [2.45, 2.75) is 30.6 Å². The molecule has 0 amide bonds. The second kappa shape index (κ2) is 6.75. The summed E-state index contributed by atoms with van der Waals surface area (Å²) in [7, 11) is -3.60. The number of hydrogen-bond donors (Lipinski definition) is 0. The smallest absolute Gasteiger partial charge is 0.253 e. The predicted octanol–water partition coefficient (Wildman–Crippen LogP) is 4.16. The number of rotatable bonds is 5. The van der Waals surface area contributed by atoms with Gasteiger partial charge in [-0.3, -0.25) is 4.98 Å². The van der Waals surface area contributed by atoms with Crippen molar-refractivity contribution in [2.24, 2.45) is 0 Å². The second-order valence-corrected chi connectivity index (χ2v) is 9.55. The van der Waals surface area contributed by atoms with Gasteiger partial charge in [0.2, 0.25) is 0 Å². The van der Waals surface area contributed by atoms with Gasteiger partial charge in [-0.1, -0.05) is 17.7 Å². The van der Waals surface area contributed by atoms with Crippen LogP contribution >= 0.6 is 38.9 Å². The van der Waals surface area contributed by atoms with E-state index in [1.807, 2.05) is 26.0 Å². The molecule has 0 saturated carbocycles. The summed E-state index contributed by atoms with van der Waals surface area (Å²) in [5, 5.41) is 0.403. The molecule has 0 fully saturated rings. The van der Waals surface area contributed by atoms with Gasteiger partial charge < -0.3 is 0 Å². The highest BCUT2D eigenvalue weighted by atomic mass is 79.9. The van der Waals surface area contributed by atoms with Crippen molar-refractivity contribution < 1.29 is 8.42 Å². The average Bonchev–Trinajstić information content (AvgIpc) is 2.77. The van der Waals surface area contributed by atoms with E-state index in [-0.39, 0.29) is 16.8 Å². The Hall–Kier alpha value is -0.470. The van der Waals surface area contributed by atoms with E-state index >= 15 is 0 Å². The lowest BCUT2D eigenvalue weighted by Gasteiger charge is -2.24. The fraction of sp³-hybridized carbons (Fsp3) is 0.308. The van der Waals surface area contributed by atoms with Crippen LogP contribution in [0, 0.1) is 0 Å². The lowest BCUT2D eigenvalue weighted by atomic mass is 10.3. The van der Waals surface area contributed by atoms with Gasteiger partial charge in [0.25, 0.3) is 10.0 Å². The molecule has 2 aromatic rings. The molecule has 0 spiro atoms. The van der Waals surface area contributed by atoms with Crippen LogP contribution in [-0.4, -0.2) is 23.7 Å². The minimum Gasteiger partial charge on any atom is -0.260 e. The summed E-state index contributed by atoms with van der Waals surface area (Å²) in [6.07, 6.45) is 1.65. The van der Waals surface area contributed by atoms with Gasteiger partial charge in [-0.05, 0) is 48.0 Å². The van der Waals surface area contributed by atoms with Crippen molar-refractivity contribution in [3.63, 3.8) is 0 Å². The maximum absolute atomic E-state index is 12.8. The van der Waals surface area contributed by atoms with Crippen LogP contribution in [0.1, 0.15) is 19.5 Å². The fourth-order valence-corrected chi connectivity index (χ4v) is 5.90. The first-order chi connectivity index (χ1) is 9.82. The number of pyridine rings is 1. The van der Waals surface area contributed by atoms with Crippen molar-refractivity contribution in [1.29, 1.82) is 0 Å². The lowest BCUT2D eigenvalue weighted by Crippen LogP contribution is -2.36. The van der Waals surface area contributed by atoms with Crippen molar-refractivity contribution in [3.05, 3.63) is 45.0 Å². The number of sulfonamides is 1. The van der Waals surface area contributed by atoms with Crippen LogP contribution < -0.4 is 0 Å². The fourth-order valence-electron chi connectivity index (χ4n) is 1.77. The topological polar surface area (TPSA) is 50.3 Å². The third-order valence-electron chi connectivity index (χ3n) is 2.81. The van der Waals surface area contributed by atoms with Gasteiger partial charge in [0.15, 0.2) is 0 Å². The largest absolute Gasteiger partial charge is 0.260 e. The van der Waals surface area contributed by atoms with Gasteiger partial charge in [0.05, 0.1) is 21.0 Å². The standard InChI is InChI=1S/C13H14BrClN2O2S2/c1-9(2)17(8-10-5-3-4-6-16-10)21(18,19)12-7-11(15)13(14)20-12/h3-7,9H,8H2,1-2H3. The Kier molecular flexibility index (Phi) is 5.43. The Morgan fingerprint density at radius 1 is 1.43 bits per heavy atom. The molecular formula is C13H14BrClN2O2S2. The van der Waals surface area contributed by atoms with Crippen molar-refractivity contribution in [1.82, 2.24) is 9.29 Å². The van der Waals surface area contributed by atoms with E-state index in [0.29, 0.717) is 14.5 Å². The summed E-state index contributed by atoms with van der Waals surface area (Å²) in [4.78, 5) is 4.19. The van der Waals surface area contributed by atoms with Crippen molar-refractivity contribution in [3.8, 4) is 0 Å². The lowest BCUT2D eigenvalue weighted by molar-refractivity contribution is 0.345. The average molecular weight is 410 g/mol. The number of halogens is 2. The highest BCUT2D eigenvalue weighted by Crippen LogP contribution is 2.36. The number of thiophene rings is 1. The quantitative estimate of drug-likeness (QED) is 0.745. The first-order valence-electron chi connectivity index (χ1n) is 6.19. The molecule has 0 aliphatic rings. The molecule has 8 heteroatoms. The molecule has 0 radical (unpaired) electrons. The van der Waals surface area contributed by atoms with Crippen molar-refractivity contribution in [2.75, 3.05) is 0 Å². The minimum atomic E-state index is -3.60. The Morgan fingerprint density at radius 2 is 2.14 bits per heavy atom. The van der Waals surface area contributed by atoms with Crippen LogP contribution in [0.4, 0.5) is 0 Å². The first-order valence-corrected chi connectivity index (χ1v) is 9.61. The summed E-state index contributed by atoms with van der Waals surface area (Å²) in [5.41, 5.74) is 0.705. The van der Waals surface area contributed by atoms with E-state index in [4.69, 9.17) is 11.6 Å². The number of aromatic nitrogens is 1. The van der Waals surface area contributed by atoms with Gasteiger partial charge in [0.1, 0.15) is 4.21 Å². The minimum absolute atomic E-state index is 0.184. The van der Waals surface area contributed by atoms with E-state index in [9.17, 15) is 8.42 Å². The molecule has 0 bridgehead atoms. The van der Waals surface area contributed by atoms with Crippen LogP contribution in [0.3, 0.4) is 0 Å². The van der Waals surface area contributed by atoms with E-state index in [2.05, 4.69) is 20.9 Å². The molecule has 4 nitrogen and oxygen atoms in total. The van der Waals surface area contributed by atoms with Crippen LogP contribution in [0.2, 0.25) is 5.02 Å². The molecule has 21 heavy (non-hydrogen) atoms. The molecule has 0 aromatic carbocycles. The SMILES string of the molecule is CC(C)N(Cc1ccccn1)S(=O)(=O)c1cc(Cl)c(Br)s1. The molecule has 0 aliphatic heterocycles. The molecule has 0 N–H and O–H groups in total. The third kappa shape index (κ3) is 3.84. The predicted molar refractivity (Wildman–Crippen MR) is 89.1 cm³/mol. The monoisotopic (exact) mass is 408 g/mol. The molecule has 0 aliphatic carbocycles. The van der Waals surface area contributed by atoms with E-state index in [1.165, 1.54) is 10.4 Å². The van der Waals surface area contributed by atoms with Gasteiger partial charge in [-0.15, -0.1) is 11.3 Å². The highest BCUT2D eigenvalue weighted by molar-refractivity contribution is 9.11. The normalized spacial score (nSPS) is 12.3. The Balaban J connectivity index is 2.37. The molecule has 2 rings (SSSR count). The van der Waals surface area contributed by atoms with Crippen LogP contribution in [0.25, 0.3) is 0 Å². The summed E-state index contributed by atoms with van der Waals surface area (Å²) in [6.45, 7) is 3.91. The van der Waals surface area contributed by atoms with E-state index in [0.717, 1.165) is 11.3 Å². The zero-order valence-corrected chi connectivity index (χ0v) is 15.4. The summed E-state index contributed by atoms with van der Waals surface area (Å²) >= 11 is 10.3. The summed E-state index contributed by atoms with van der Waals surface area (Å²) in [5.74, 6) is 0. The molecular weight excluding hydrogens is 396 g/mol. The molecule has 0 unspecified atom stereocenters. The maximum atomic E-state index is 12.8. The highest BCUT2D eigenvalue weighted by Gasteiger charge is 2.29. The van der Waals surface area contributed by atoms with E-state index < -0.39 is 10.0 Å². The van der Waals surface area contributed by atoms with Crippen LogP contribution in [-0.2, 0) is 16.6 Å². The van der Waals surface area contributed by atoms with Crippen molar-refractivity contribution >= 4 is 48.9 Å². The Labute approximate surface area is 141 Å². The Morgan fingerprint density at radius 3 is 2.62 bits per heavy atom. The van der Waals surface area contributed by atoms with Crippen LogP contribution in [0.5, 0.6) is 0 Å². The molecule has 2 heterocycles. The first kappa shape index (κ1) is 16.9. The molecule has 114 valence electrons. The van der Waals surface area contributed by atoms with Gasteiger partial charge in [-0.2, -0.15) is 4.31 Å². The van der Waals surface area contributed by atoms with Gasteiger partial charge >= 0.3 is 0 Å². The van der Waals surface area contributed by atoms with Crippen LogP contribution in [0.15, 0.2) is 38.5 Å². The second-order valence-electron chi connectivity index (χ2n) is 4.65. The summed E-state index contributed by atoms with van der Waals surface area (Å²) < 4.78 is 27.8. The van der Waals surface area contributed by atoms with E-state index in [1.54, 1.807) is 12.3 Å².